The third-order valence-corrected chi connectivity index (χ3v) is 7.84. The zero-order valence-electron chi connectivity index (χ0n) is 18.4. The van der Waals surface area contributed by atoms with Crippen LogP contribution in [0.3, 0.4) is 0 Å². The molecular formula is C25H23N3O3S2. The second-order valence-electron chi connectivity index (χ2n) is 7.98. The van der Waals surface area contributed by atoms with Gasteiger partial charge in [-0.25, -0.2) is 4.98 Å². The summed E-state index contributed by atoms with van der Waals surface area (Å²) < 4.78 is 6.91. The van der Waals surface area contributed by atoms with E-state index in [0.717, 1.165) is 29.9 Å². The molecule has 8 heteroatoms. The highest BCUT2D eigenvalue weighted by molar-refractivity contribution is 7.99. The van der Waals surface area contributed by atoms with Crippen LogP contribution in [-0.4, -0.2) is 46.7 Å². The van der Waals surface area contributed by atoms with E-state index in [0.29, 0.717) is 27.5 Å². The van der Waals surface area contributed by atoms with Gasteiger partial charge in [0.1, 0.15) is 10.6 Å². The number of hydrogen-bond acceptors (Lipinski definition) is 7. The Morgan fingerprint density at radius 2 is 1.91 bits per heavy atom. The van der Waals surface area contributed by atoms with Crippen molar-refractivity contribution in [3.05, 3.63) is 81.0 Å². The molecule has 6 nitrogen and oxygen atoms in total. The van der Waals surface area contributed by atoms with Gasteiger partial charge < -0.3 is 9.64 Å². The lowest BCUT2D eigenvalue weighted by atomic mass is 10.1. The topological polar surface area (TPSA) is 64.4 Å². The van der Waals surface area contributed by atoms with Gasteiger partial charge in [-0.2, -0.15) is 0 Å². The van der Waals surface area contributed by atoms with Crippen LogP contribution in [0.25, 0.3) is 15.9 Å². The smallest absolute Gasteiger partial charge is 0.267 e. The molecule has 0 unspecified atom stereocenters. The summed E-state index contributed by atoms with van der Waals surface area (Å²) in [6.45, 7) is 1.75. The molecule has 0 spiro atoms. The molecule has 5 rings (SSSR count). The lowest BCUT2D eigenvalue weighted by Crippen LogP contribution is -2.27. The summed E-state index contributed by atoms with van der Waals surface area (Å²) in [5, 5.41) is 1.23. The van der Waals surface area contributed by atoms with Crippen LogP contribution in [0.5, 0.6) is 5.75 Å². The molecule has 3 heterocycles. The van der Waals surface area contributed by atoms with Gasteiger partial charge in [0.25, 0.3) is 5.56 Å². The summed E-state index contributed by atoms with van der Waals surface area (Å²) >= 11 is 2.89. The van der Waals surface area contributed by atoms with Crippen molar-refractivity contribution in [3.63, 3.8) is 0 Å². The van der Waals surface area contributed by atoms with Crippen molar-refractivity contribution in [1.29, 1.82) is 0 Å². The Morgan fingerprint density at radius 3 is 2.64 bits per heavy atom. The Kier molecular flexibility index (Phi) is 6.05. The number of aromatic nitrogens is 2. The highest BCUT2D eigenvalue weighted by Gasteiger charge is 2.25. The SMILES string of the molecule is COc1ccc(-n2c(SCC(=O)c3ccccc3)nc3sc4c(c3c2=O)CCN(C)C4)cc1. The molecule has 168 valence electrons. The summed E-state index contributed by atoms with van der Waals surface area (Å²) in [6.07, 6.45) is 0.838. The molecule has 0 saturated heterocycles. The van der Waals surface area contributed by atoms with Gasteiger partial charge in [0.05, 0.1) is 23.9 Å². The van der Waals surface area contributed by atoms with Crippen molar-refractivity contribution in [1.82, 2.24) is 14.5 Å². The lowest BCUT2D eigenvalue weighted by molar-refractivity contribution is 0.102. The number of methoxy groups -OCH3 is 1. The Balaban J connectivity index is 1.61. The molecule has 2 aromatic heterocycles. The number of carbonyl (C=O) groups is 1. The molecule has 0 radical (unpaired) electrons. The lowest BCUT2D eigenvalue weighted by Gasteiger charge is -2.21. The Bertz CT molecular complexity index is 1380. The summed E-state index contributed by atoms with van der Waals surface area (Å²) in [4.78, 5) is 35.7. The fraction of sp³-hybridized carbons (Fsp3) is 0.240. The first kappa shape index (κ1) is 21.9. The molecule has 0 N–H and O–H groups in total. The minimum absolute atomic E-state index is 0.00308. The predicted octanol–water partition coefficient (Wildman–Crippen LogP) is 4.42. The van der Waals surface area contributed by atoms with E-state index >= 15 is 0 Å². The quantitative estimate of drug-likeness (QED) is 0.233. The number of nitrogens with zero attached hydrogens (tertiary/aromatic N) is 3. The van der Waals surface area contributed by atoms with E-state index in [1.54, 1.807) is 35.1 Å². The van der Waals surface area contributed by atoms with Gasteiger partial charge >= 0.3 is 0 Å². The van der Waals surface area contributed by atoms with E-state index in [1.165, 1.54) is 16.6 Å². The summed E-state index contributed by atoms with van der Waals surface area (Å²) in [6, 6.07) is 16.6. The first-order valence-electron chi connectivity index (χ1n) is 10.7. The van der Waals surface area contributed by atoms with E-state index in [2.05, 4.69) is 11.9 Å². The molecule has 0 fully saturated rings. The summed E-state index contributed by atoms with van der Waals surface area (Å²) in [7, 11) is 3.70. The van der Waals surface area contributed by atoms with E-state index in [4.69, 9.17) is 9.72 Å². The van der Waals surface area contributed by atoms with Gasteiger partial charge in [0, 0.05) is 23.5 Å². The van der Waals surface area contributed by atoms with Crippen LogP contribution >= 0.6 is 23.1 Å². The number of thiophene rings is 1. The number of hydrogen-bond donors (Lipinski definition) is 0. The molecule has 1 aliphatic rings. The van der Waals surface area contributed by atoms with Gasteiger partial charge in [0.2, 0.25) is 0 Å². The van der Waals surface area contributed by atoms with Gasteiger partial charge in [0.15, 0.2) is 10.9 Å². The maximum atomic E-state index is 13.8. The largest absolute Gasteiger partial charge is 0.497 e. The second-order valence-corrected chi connectivity index (χ2v) is 10.0. The van der Waals surface area contributed by atoms with Crippen LogP contribution in [0, 0.1) is 0 Å². The number of fused-ring (bicyclic) bond motifs is 3. The third kappa shape index (κ3) is 4.21. The van der Waals surface area contributed by atoms with Crippen LogP contribution in [0.2, 0.25) is 0 Å². The normalized spacial score (nSPS) is 13.8. The van der Waals surface area contributed by atoms with Crippen molar-refractivity contribution < 1.29 is 9.53 Å². The minimum Gasteiger partial charge on any atom is -0.497 e. The molecule has 0 saturated carbocycles. The van der Waals surface area contributed by atoms with Crippen molar-refractivity contribution in [3.8, 4) is 11.4 Å². The number of ether oxygens (including phenoxy) is 1. The van der Waals surface area contributed by atoms with E-state index in [9.17, 15) is 9.59 Å². The van der Waals surface area contributed by atoms with E-state index < -0.39 is 0 Å². The van der Waals surface area contributed by atoms with Crippen molar-refractivity contribution >= 4 is 39.1 Å². The highest BCUT2D eigenvalue weighted by atomic mass is 32.2. The predicted molar refractivity (Wildman–Crippen MR) is 133 cm³/mol. The molecule has 33 heavy (non-hydrogen) atoms. The van der Waals surface area contributed by atoms with Crippen LogP contribution in [-0.2, 0) is 13.0 Å². The molecule has 1 aliphatic heterocycles. The Labute approximate surface area is 199 Å². The summed E-state index contributed by atoms with van der Waals surface area (Å²) in [5.74, 6) is 0.917. The second kappa shape index (κ2) is 9.13. The average Bonchev–Trinajstić information content (AvgIpc) is 3.20. The van der Waals surface area contributed by atoms with Crippen LogP contribution < -0.4 is 10.3 Å². The zero-order chi connectivity index (χ0) is 22.9. The minimum atomic E-state index is -0.0816. The number of rotatable bonds is 6. The molecule has 0 bridgehead atoms. The zero-order valence-corrected chi connectivity index (χ0v) is 20.0. The maximum absolute atomic E-state index is 13.8. The van der Waals surface area contributed by atoms with Gasteiger partial charge in [-0.15, -0.1) is 11.3 Å². The first-order chi connectivity index (χ1) is 16.0. The average molecular weight is 478 g/mol. The Morgan fingerprint density at radius 1 is 1.15 bits per heavy atom. The number of Topliss-reactive ketones (excluding diaryl/α,β-unsaturated/α-hetero) is 1. The van der Waals surface area contributed by atoms with Crippen LogP contribution in [0.15, 0.2) is 64.5 Å². The number of thioether (sulfide) groups is 1. The number of benzene rings is 2. The van der Waals surface area contributed by atoms with Gasteiger partial charge in [-0.3, -0.25) is 14.2 Å². The maximum Gasteiger partial charge on any atom is 0.267 e. The first-order valence-corrected chi connectivity index (χ1v) is 12.5. The Hall–Kier alpha value is -2.94. The third-order valence-electron chi connectivity index (χ3n) is 5.79. The molecule has 4 aromatic rings. The standard InChI is InChI=1S/C25H23N3O3S2/c1-27-13-12-19-21(14-27)33-23-22(19)24(30)28(17-8-10-18(31-2)11-9-17)25(26-23)32-15-20(29)16-6-4-3-5-7-16/h3-11H,12-15H2,1-2H3. The van der Waals surface area contributed by atoms with E-state index in [1.807, 2.05) is 42.5 Å². The molecule has 0 atom stereocenters. The molecular weight excluding hydrogens is 454 g/mol. The molecule has 0 amide bonds. The fourth-order valence-electron chi connectivity index (χ4n) is 4.04. The van der Waals surface area contributed by atoms with E-state index in [-0.39, 0.29) is 17.1 Å². The van der Waals surface area contributed by atoms with Gasteiger partial charge in [-0.1, -0.05) is 42.1 Å². The van der Waals surface area contributed by atoms with Crippen molar-refractivity contribution in [2.75, 3.05) is 26.5 Å². The molecule has 0 aliphatic carbocycles. The highest BCUT2D eigenvalue weighted by Crippen LogP contribution is 2.34. The fourth-order valence-corrected chi connectivity index (χ4v) is 6.29. The number of likely N-dealkylation sites (N-methyl/N-ethyl adjacent to an activating group) is 1. The van der Waals surface area contributed by atoms with Crippen molar-refractivity contribution in [2.24, 2.45) is 0 Å². The summed E-state index contributed by atoms with van der Waals surface area (Å²) in [5.41, 5.74) is 2.39. The molecule has 2 aromatic carbocycles. The van der Waals surface area contributed by atoms with Crippen LogP contribution in [0.4, 0.5) is 0 Å². The van der Waals surface area contributed by atoms with Crippen LogP contribution in [0.1, 0.15) is 20.8 Å². The van der Waals surface area contributed by atoms with Crippen molar-refractivity contribution in [2.45, 2.75) is 18.1 Å². The monoisotopic (exact) mass is 477 g/mol. The number of carbonyl (C=O) groups excluding carboxylic acids is 1. The number of ketones is 1. The van der Waals surface area contributed by atoms with Gasteiger partial charge in [-0.05, 0) is 43.3 Å².